The fourth-order valence-electron chi connectivity index (χ4n) is 6.48. The molecule has 1 aromatic carbocycles. The lowest BCUT2D eigenvalue weighted by atomic mass is 10.0. The molecule has 3 aromatic heterocycles. The van der Waals surface area contributed by atoms with Crippen molar-refractivity contribution in [3.05, 3.63) is 42.6 Å². The molecular formula is C31H37N9O2. The third-order valence-electron chi connectivity index (χ3n) is 8.88. The van der Waals surface area contributed by atoms with Gasteiger partial charge in [-0.1, -0.05) is 12.6 Å². The molecule has 42 heavy (non-hydrogen) atoms. The number of hydrogen-bond donors (Lipinski definition) is 0. The summed E-state index contributed by atoms with van der Waals surface area (Å²) in [6.45, 7) is 8.87. The van der Waals surface area contributed by atoms with Gasteiger partial charge in [0.15, 0.2) is 0 Å². The molecule has 2 fully saturated rings. The van der Waals surface area contributed by atoms with Gasteiger partial charge in [-0.3, -0.25) is 9.48 Å². The van der Waals surface area contributed by atoms with Gasteiger partial charge in [0.2, 0.25) is 5.91 Å². The first-order chi connectivity index (χ1) is 20.3. The van der Waals surface area contributed by atoms with Crippen molar-refractivity contribution >= 4 is 33.7 Å². The average molecular weight is 568 g/mol. The minimum absolute atomic E-state index is 0.158. The van der Waals surface area contributed by atoms with Crippen molar-refractivity contribution in [2.45, 2.75) is 38.3 Å². The number of fused-ring (bicyclic) bond motifs is 2. The molecule has 0 bridgehead atoms. The molecule has 2 saturated heterocycles. The van der Waals surface area contributed by atoms with Crippen molar-refractivity contribution in [2.75, 3.05) is 44.7 Å². The van der Waals surface area contributed by atoms with Crippen LogP contribution in [0.1, 0.15) is 24.8 Å². The van der Waals surface area contributed by atoms with E-state index >= 15 is 0 Å². The zero-order chi connectivity index (χ0) is 29.5. The SMILES string of the molecule is C=CC(=O)N1CCN(c2nc(OC[C@@H]3CCCN3C)nc3c2cc(-c2c(C)ccc4c2cnn4C)n3C)C[C@@H]1CC#N. The number of likely N-dealkylation sites (N-methyl/N-ethyl adjacent to an activating group) is 1. The van der Waals surface area contributed by atoms with Gasteiger partial charge in [0, 0.05) is 50.7 Å². The van der Waals surface area contributed by atoms with Gasteiger partial charge in [0.1, 0.15) is 18.1 Å². The standard InChI is InChI=1S/C31H37N9O2/c1-6-27(41)40-15-14-39(18-21(40)11-12-32)30-23-16-26(28-20(2)9-10-25-24(28)17-33-38(25)5)37(4)29(23)34-31(35-30)42-19-22-8-7-13-36(22)3/h6,9-10,16-17,21-22H,1,7-8,11,13-15,18-19H2,2-5H3/t21-,22-/m0/s1. The molecule has 2 atom stereocenters. The molecule has 0 unspecified atom stereocenters. The highest BCUT2D eigenvalue weighted by Gasteiger charge is 2.32. The fraction of sp³-hybridized carbons (Fsp3) is 0.452. The summed E-state index contributed by atoms with van der Waals surface area (Å²) in [5.74, 6) is 0.593. The molecule has 11 heteroatoms. The maximum Gasteiger partial charge on any atom is 0.320 e. The van der Waals surface area contributed by atoms with Gasteiger partial charge in [-0.2, -0.15) is 20.3 Å². The minimum atomic E-state index is -0.273. The third-order valence-corrected chi connectivity index (χ3v) is 8.88. The second-order valence-corrected chi connectivity index (χ2v) is 11.4. The van der Waals surface area contributed by atoms with Gasteiger partial charge in [0.25, 0.3) is 0 Å². The van der Waals surface area contributed by atoms with Gasteiger partial charge in [-0.15, -0.1) is 0 Å². The van der Waals surface area contributed by atoms with E-state index in [-0.39, 0.29) is 18.4 Å². The van der Waals surface area contributed by atoms with E-state index in [1.165, 1.54) is 6.08 Å². The smallest absolute Gasteiger partial charge is 0.320 e. The van der Waals surface area contributed by atoms with E-state index in [1.807, 2.05) is 25.0 Å². The molecule has 6 rings (SSSR count). The molecule has 2 aliphatic rings. The van der Waals surface area contributed by atoms with Crippen molar-refractivity contribution < 1.29 is 9.53 Å². The number of carbonyl (C=O) groups excluding carboxylic acids is 1. The first kappa shape index (κ1) is 27.7. The number of hydrogen-bond acceptors (Lipinski definition) is 8. The Kier molecular flexibility index (Phi) is 7.33. The van der Waals surface area contributed by atoms with Crippen LogP contribution in [0, 0.1) is 18.3 Å². The molecule has 11 nitrogen and oxygen atoms in total. The van der Waals surface area contributed by atoms with E-state index in [0.29, 0.717) is 38.3 Å². The highest BCUT2D eigenvalue weighted by Crippen LogP contribution is 2.38. The number of benzene rings is 1. The molecule has 5 heterocycles. The Labute approximate surface area is 245 Å². The Morgan fingerprint density at radius 2 is 2.00 bits per heavy atom. The lowest BCUT2D eigenvalue weighted by Gasteiger charge is -2.40. The maximum atomic E-state index is 12.6. The van der Waals surface area contributed by atoms with Crippen LogP contribution in [0.25, 0.3) is 33.2 Å². The molecule has 218 valence electrons. The number of likely N-dealkylation sites (tertiary alicyclic amines) is 1. The van der Waals surface area contributed by atoms with Crippen LogP contribution in [0.4, 0.5) is 5.82 Å². The number of aryl methyl sites for hydroxylation is 3. The van der Waals surface area contributed by atoms with Crippen LogP contribution in [0.15, 0.2) is 37.1 Å². The Balaban J connectivity index is 1.46. The van der Waals surface area contributed by atoms with Gasteiger partial charge in [0.05, 0.1) is 41.3 Å². The first-order valence-corrected chi connectivity index (χ1v) is 14.5. The number of rotatable bonds is 7. The number of piperazine rings is 1. The monoisotopic (exact) mass is 567 g/mol. The average Bonchev–Trinajstić information content (AvgIpc) is 3.68. The van der Waals surface area contributed by atoms with Crippen molar-refractivity contribution in [3.63, 3.8) is 0 Å². The van der Waals surface area contributed by atoms with Gasteiger partial charge in [-0.05, 0) is 57.1 Å². The molecule has 0 aliphatic carbocycles. The lowest BCUT2D eigenvalue weighted by Crippen LogP contribution is -2.55. The van der Waals surface area contributed by atoms with Crippen molar-refractivity contribution in [2.24, 2.45) is 14.1 Å². The predicted molar refractivity (Wildman–Crippen MR) is 162 cm³/mol. The summed E-state index contributed by atoms with van der Waals surface area (Å²) in [7, 11) is 6.10. The zero-order valence-corrected chi connectivity index (χ0v) is 24.7. The highest BCUT2D eigenvalue weighted by molar-refractivity contribution is 6.01. The lowest BCUT2D eigenvalue weighted by molar-refractivity contribution is -0.128. The zero-order valence-electron chi connectivity index (χ0n) is 24.7. The summed E-state index contributed by atoms with van der Waals surface area (Å²) in [5.41, 5.74) is 5.08. The number of ether oxygens (including phenoxy) is 1. The summed E-state index contributed by atoms with van der Waals surface area (Å²) < 4.78 is 10.3. The Morgan fingerprint density at radius 1 is 1.17 bits per heavy atom. The van der Waals surface area contributed by atoms with Crippen LogP contribution in [0.2, 0.25) is 0 Å². The molecule has 0 radical (unpaired) electrons. The topological polar surface area (TPSA) is 108 Å². The van der Waals surface area contributed by atoms with Crippen LogP contribution >= 0.6 is 0 Å². The van der Waals surface area contributed by atoms with Gasteiger partial charge >= 0.3 is 6.01 Å². The van der Waals surface area contributed by atoms with E-state index in [0.717, 1.165) is 64.0 Å². The Bertz CT molecular complexity index is 1720. The number of carbonyl (C=O) groups is 1. The molecular weight excluding hydrogens is 530 g/mol. The number of nitrogens with zero attached hydrogens (tertiary/aromatic N) is 9. The van der Waals surface area contributed by atoms with Crippen LogP contribution in [0.5, 0.6) is 6.01 Å². The molecule has 4 aromatic rings. The molecule has 0 saturated carbocycles. The van der Waals surface area contributed by atoms with Gasteiger partial charge < -0.3 is 24.0 Å². The maximum absolute atomic E-state index is 12.6. The Morgan fingerprint density at radius 3 is 2.74 bits per heavy atom. The highest BCUT2D eigenvalue weighted by atomic mass is 16.5. The van der Waals surface area contributed by atoms with Gasteiger partial charge in [-0.25, -0.2) is 0 Å². The van der Waals surface area contributed by atoms with Crippen molar-refractivity contribution in [1.82, 2.24) is 34.1 Å². The summed E-state index contributed by atoms with van der Waals surface area (Å²) in [4.78, 5) is 28.7. The molecule has 0 spiro atoms. The number of aromatic nitrogens is 5. The third kappa shape index (κ3) is 4.75. The minimum Gasteiger partial charge on any atom is -0.462 e. The van der Waals surface area contributed by atoms with Crippen LogP contribution in [-0.2, 0) is 18.9 Å². The summed E-state index contributed by atoms with van der Waals surface area (Å²) >= 11 is 0. The van der Waals surface area contributed by atoms with E-state index in [4.69, 9.17) is 14.7 Å². The van der Waals surface area contributed by atoms with Crippen molar-refractivity contribution in [1.29, 1.82) is 5.26 Å². The fourth-order valence-corrected chi connectivity index (χ4v) is 6.48. The largest absolute Gasteiger partial charge is 0.462 e. The predicted octanol–water partition coefficient (Wildman–Crippen LogP) is 3.42. The summed E-state index contributed by atoms with van der Waals surface area (Å²) in [6, 6.07) is 9.02. The van der Waals surface area contributed by atoms with Crippen LogP contribution in [0.3, 0.4) is 0 Å². The van der Waals surface area contributed by atoms with E-state index in [1.54, 1.807) is 4.90 Å². The molecule has 2 aliphatic heterocycles. The number of anilines is 1. The van der Waals surface area contributed by atoms with E-state index in [2.05, 4.69) is 64.3 Å². The summed E-state index contributed by atoms with van der Waals surface area (Å²) in [6.07, 6.45) is 5.70. The van der Waals surface area contributed by atoms with E-state index < -0.39 is 0 Å². The number of nitriles is 1. The van der Waals surface area contributed by atoms with Crippen LogP contribution < -0.4 is 9.64 Å². The second-order valence-electron chi connectivity index (χ2n) is 11.4. The van der Waals surface area contributed by atoms with E-state index in [9.17, 15) is 10.1 Å². The summed E-state index contributed by atoms with van der Waals surface area (Å²) in [5, 5.41) is 16.0. The molecule has 0 N–H and O–H groups in total. The second kappa shape index (κ2) is 11.1. The van der Waals surface area contributed by atoms with Crippen LogP contribution in [-0.4, -0.2) is 91.9 Å². The number of amides is 1. The quantitative estimate of drug-likeness (QED) is 0.313. The Hall–Kier alpha value is -4.43. The molecule has 1 amide bonds. The van der Waals surface area contributed by atoms with Crippen molar-refractivity contribution in [3.8, 4) is 23.3 Å². The first-order valence-electron chi connectivity index (χ1n) is 14.5. The normalized spacial score (nSPS) is 19.5.